The van der Waals surface area contributed by atoms with Crippen LogP contribution in [0.5, 0.6) is 5.75 Å². The van der Waals surface area contributed by atoms with Crippen molar-refractivity contribution in [2.45, 2.75) is 13.3 Å². The number of hydrogen-bond donors (Lipinski definition) is 1. The normalized spacial score (nSPS) is 12.6. The van der Waals surface area contributed by atoms with Gasteiger partial charge in [0.2, 0.25) is 0 Å². The van der Waals surface area contributed by atoms with Crippen molar-refractivity contribution in [2.24, 2.45) is 0 Å². The largest absolute Gasteiger partial charge is 0.464 e. The van der Waals surface area contributed by atoms with Crippen molar-refractivity contribution in [1.29, 1.82) is 0 Å². The first-order valence-electron chi connectivity index (χ1n) is 8.74. The summed E-state index contributed by atoms with van der Waals surface area (Å²) in [5.74, 6) is 0.518. The van der Waals surface area contributed by atoms with Gasteiger partial charge in [-0.3, -0.25) is 10.1 Å². The highest BCUT2D eigenvalue weighted by Crippen LogP contribution is 2.28. The highest BCUT2D eigenvalue weighted by atomic mass is 79.9. The lowest BCUT2D eigenvalue weighted by Crippen LogP contribution is -2.12. The van der Waals surface area contributed by atoms with E-state index in [9.17, 15) is 4.79 Å². The highest BCUT2D eigenvalue weighted by molar-refractivity contribution is 9.10. The second-order valence-corrected chi connectivity index (χ2v) is 8.34. The van der Waals surface area contributed by atoms with E-state index < -0.39 is 0 Å². The fourth-order valence-corrected chi connectivity index (χ4v) is 4.10. The molecule has 0 radical (unpaired) electrons. The molecule has 0 saturated carbocycles. The number of aryl methyl sites for hydroxylation is 1. The van der Waals surface area contributed by atoms with Crippen LogP contribution in [-0.4, -0.2) is 10.9 Å². The van der Waals surface area contributed by atoms with E-state index in [1.807, 2.05) is 49.4 Å². The minimum atomic E-state index is -0.208. The first kappa shape index (κ1) is 18.7. The summed E-state index contributed by atoms with van der Waals surface area (Å²) in [7, 11) is 0. The molecule has 0 saturated heterocycles. The molecule has 1 amide bonds. The molecule has 3 aromatic rings. The van der Waals surface area contributed by atoms with Crippen LogP contribution in [0.15, 0.2) is 70.9 Å². The maximum Gasteiger partial charge on any atom is 0.257 e. The molecule has 0 spiro atoms. The van der Waals surface area contributed by atoms with Gasteiger partial charge < -0.3 is 4.74 Å². The van der Waals surface area contributed by atoms with Gasteiger partial charge in [-0.25, -0.2) is 4.98 Å². The van der Waals surface area contributed by atoms with Crippen molar-refractivity contribution >= 4 is 44.4 Å². The Bertz CT molecular complexity index is 1080. The number of benzene rings is 2. The molecule has 4 nitrogen and oxygen atoms in total. The Morgan fingerprint density at radius 1 is 1.18 bits per heavy atom. The minimum absolute atomic E-state index is 0.208. The van der Waals surface area contributed by atoms with Gasteiger partial charge in [-0.1, -0.05) is 46.3 Å². The maximum absolute atomic E-state index is 12.7. The second kappa shape index (κ2) is 8.12. The third kappa shape index (κ3) is 4.24. The van der Waals surface area contributed by atoms with Gasteiger partial charge in [0.25, 0.3) is 5.91 Å². The van der Waals surface area contributed by atoms with Crippen molar-refractivity contribution in [3.8, 4) is 5.75 Å². The van der Waals surface area contributed by atoms with Crippen LogP contribution < -0.4 is 10.1 Å². The number of anilines is 1. The lowest BCUT2D eigenvalue weighted by atomic mass is 10.1. The van der Waals surface area contributed by atoms with E-state index in [1.54, 1.807) is 6.08 Å². The van der Waals surface area contributed by atoms with Gasteiger partial charge in [-0.15, -0.1) is 11.3 Å². The van der Waals surface area contributed by atoms with Gasteiger partial charge in [-0.05, 0) is 42.8 Å². The van der Waals surface area contributed by atoms with E-state index in [-0.39, 0.29) is 5.91 Å². The summed E-state index contributed by atoms with van der Waals surface area (Å²) < 4.78 is 6.60. The summed E-state index contributed by atoms with van der Waals surface area (Å²) in [5, 5.41) is 3.51. The monoisotopic (exact) mass is 452 g/mol. The van der Waals surface area contributed by atoms with Gasteiger partial charge in [0.15, 0.2) is 5.13 Å². The fraction of sp³-hybridized carbons (Fsp3) is 0.0909. The number of aromatic nitrogens is 1. The van der Waals surface area contributed by atoms with E-state index >= 15 is 0 Å². The number of carbonyl (C=O) groups is 1. The van der Waals surface area contributed by atoms with E-state index in [4.69, 9.17) is 4.74 Å². The smallest absolute Gasteiger partial charge is 0.257 e. The number of fused-ring (bicyclic) bond motifs is 1. The summed E-state index contributed by atoms with van der Waals surface area (Å²) in [6, 6.07) is 15.8. The topological polar surface area (TPSA) is 51.2 Å². The number of halogens is 1. The molecule has 0 fully saturated rings. The molecule has 1 aliphatic rings. The summed E-state index contributed by atoms with van der Waals surface area (Å²) >= 11 is 4.96. The Kier molecular flexibility index (Phi) is 5.41. The molecule has 2 heterocycles. The standard InChI is InChI=1S/C22H17BrN2O2S/c1-14-20(12-15-6-8-18(23)9-7-15)28-22(24-14)25-21(26)17-10-11-27-19-5-3-2-4-16(19)13-17/h2-11,13H,12H2,1H3,(H,24,25,26). The number of ether oxygens (including phenoxy) is 1. The molecule has 0 aliphatic carbocycles. The van der Waals surface area contributed by atoms with Gasteiger partial charge in [0.05, 0.1) is 12.0 Å². The van der Waals surface area contributed by atoms with Crippen LogP contribution in [0.2, 0.25) is 0 Å². The molecule has 0 atom stereocenters. The minimum Gasteiger partial charge on any atom is -0.464 e. The summed E-state index contributed by atoms with van der Waals surface area (Å²) in [6.07, 6.45) is 5.80. The molecule has 1 N–H and O–H groups in total. The number of amides is 1. The number of hydrogen-bond acceptors (Lipinski definition) is 4. The Balaban J connectivity index is 1.51. The van der Waals surface area contributed by atoms with Crippen LogP contribution in [0.4, 0.5) is 5.13 Å². The lowest BCUT2D eigenvalue weighted by Gasteiger charge is -2.03. The van der Waals surface area contributed by atoms with Crippen molar-refractivity contribution in [2.75, 3.05) is 5.32 Å². The molecule has 0 unspecified atom stereocenters. The molecule has 4 rings (SSSR count). The summed E-state index contributed by atoms with van der Waals surface area (Å²) in [4.78, 5) is 18.4. The van der Waals surface area contributed by atoms with Gasteiger partial charge in [0.1, 0.15) is 5.75 Å². The van der Waals surface area contributed by atoms with Crippen molar-refractivity contribution < 1.29 is 9.53 Å². The SMILES string of the molecule is Cc1nc(NC(=O)C2=Cc3ccccc3OC=C2)sc1Cc1ccc(Br)cc1. The maximum atomic E-state index is 12.7. The van der Waals surface area contributed by atoms with Crippen LogP contribution in [0.3, 0.4) is 0 Å². The van der Waals surface area contributed by atoms with Crippen LogP contribution in [-0.2, 0) is 11.2 Å². The zero-order chi connectivity index (χ0) is 19.5. The van der Waals surface area contributed by atoms with E-state index in [0.717, 1.165) is 32.8 Å². The highest BCUT2D eigenvalue weighted by Gasteiger charge is 2.15. The summed E-state index contributed by atoms with van der Waals surface area (Å²) in [6.45, 7) is 1.97. The average molecular weight is 453 g/mol. The van der Waals surface area contributed by atoms with Gasteiger partial charge in [-0.2, -0.15) is 0 Å². The van der Waals surface area contributed by atoms with Crippen molar-refractivity contribution in [1.82, 2.24) is 4.98 Å². The van der Waals surface area contributed by atoms with Crippen LogP contribution >= 0.6 is 27.3 Å². The molecule has 140 valence electrons. The fourth-order valence-electron chi connectivity index (χ4n) is 2.85. The van der Waals surface area contributed by atoms with Crippen LogP contribution in [0.25, 0.3) is 6.08 Å². The molecule has 1 aliphatic heterocycles. The first-order valence-corrected chi connectivity index (χ1v) is 10.4. The zero-order valence-corrected chi connectivity index (χ0v) is 17.5. The van der Waals surface area contributed by atoms with Crippen molar-refractivity contribution in [3.05, 3.63) is 92.6 Å². The number of para-hydroxylation sites is 1. The molecule has 28 heavy (non-hydrogen) atoms. The summed E-state index contributed by atoms with van der Waals surface area (Å²) in [5.41, 5.74) is 3.52. The predicted molar refractivity (Wildman–Crippen MR) is 117 cm³/mol. The van der Waals surface area contributed by atoms with E-state index in [1.165, 1.54) is 23.2 Å². The molecule has 6 heteroatoms. The molecule has 0 bridgehead atoms. The quantitative estimate of drug-likeness (QED) is 0.549. The predicted octanol–water partition coefficient (Wildman–Crippen LogP) is 5.73. The van der Waals surface area contributed by atoms with Gasteiger partial charge in [0, 0.05) is 26.9 Å². The van der Waals surface area contributed by atoms with E-state index in [2.05, 4.69) is 38.4 Å². The molecule has 1 aromatic heterocycles. The number of nitrogens with one attached hydrogen (secondary N) is 1. The lowest BCUT2D eigenvalue weighted by molar-refractivity contribution is -0.112. The Labute approximate surface area is 175 Å². The molecular formula is C22H17BrN2O2S. The third-order valence-corrected chi connectivity index (χ3v) is 5.93. The Morgan fingerprint density at radius 2 is 1.96 bits per heavy atom. The number of nitrogens with zero attached hydrogens (tertiary/aromatic N) is 1. The Morgan fingerprint density at radius 3 is 2.79 bits per heavy atom. The molecular weight excluding hydrogens is 436 g/mol. The number of rotatable bonds is 4. The first-order chi connectivity index (χ1) is 13.6. The average Bonchev–Trinajstić information content (AvgIpc) is 2.90. The number of thiazole rings is 1. The van der Waals surface area contributed by atoms with Crippen LogP contribution in [0, 0.1) is 6.92 Å². The third-order valence-electron chi connectivity index (χ3n) is 4.33. The second-order valence-electron chi connectivity index (χ2n) is 6.34. The van der Waals surface area contributed by atoms with Crippen molar-refractivity contribution in [3.63, 3.8) is 0 Å². The van der Waals surface area contributed by atoms with Crippen LogP contribution in [0.1, 0.15) is 21.7 Å². The zero-order valence-electron chi connectivity index (χ0n) is 15.1. The Hall–Kier alpha value is -2.70. The van der Waals surface area contributed by atoms with E-state index in [0.29, 0.717) is 10.7 Å². The van der Waals surface area contributed by atoms with Gasteiger partial charge >= 0.3 is 0 Å². The number of carbonyl (C=O) groups excluding carboxylic acids is 1. The molecule has 2 aromatic carbocycles.